The van der Waals surface area contributed by atoms with Crippen molar-refractivity contribution in [3.63, 3.8) is 0 Å². The molecule has 2 atom stereocenters. The average Bonchev–Trinajstić information content (AvgIpc) is 2.49. The van der Waals surface area contributed by atoms with Crippen LogP contribution in [0, 0.1) is 11.6 Å². The number of benzene rings is 1. The van der Waals surface area contributed by atoms with Crippen LogP contribution in [0.5, 0.6) is 0 Å². The molecule has 1 amide bonds. The first-order chi connectivity index (χ1) is 10.8. The number of carbonyl (C=O) groups is 2. The number of rotatable bonds is 9. The summed E-state index contributed by atoms with van der Waals surface area (Å²) in [5.74, 6) is -3.50. The summed E-state index contributed by atoms with van der Waals surface area (Å²) in [6.07, 6.45) is 2.18. The zero-order valence-corrected chi connectivity index (χ0v) is 13.0. The van der Waals surface area contributed by atoms with Crippen molar-refractivity contribution in [2.75, 3.05) is 0 Å². The van der Waals surface area contributed by atoms with E-state index in [0.29, 0.717) is 24.8 Å². The van der Waals surface area contributed by atoms with Gasteiger partial charge in [-0.2, -0.15) is 0 Å². The zero-order chi connectivity index (χ0) is 17.4. The van der Waals surface area contributed by atoms with Crippen LogP contribution >= 0.6 is 0 Å². The molecule has 0 spiro atoms. The molecule has 0 heterocycles. The Morgan fingerprint density at radius 3 is 2.52 bits per heavy atom. The molecule has 5 nitrogen and oxygen atoms in total. The maximum Gasteiger partial charge on any atom is 0.326 e. The molecular weight excluding hydrogens is 306 g/mol. The van der Waals surface area contributed by atoms with Crippen molar-refractivity contribution in [3.05, 3.63) is 35.4 Å². The van der Waals surface area contributed by atoms with Crippen LogP contribution in [0.2, 0.25) is 0 Å². The summed E-state index contributed by atoms with van der Waals surface area (Å²) in [6.45, 7) is 1.88. The van der Waals surface area contributed by atoms with Gasteiger partial charge in [0.05, 0.1) is 6.04 Å². The number of carboxylic acids is 1. The zero-order valence-electron chi connectivity index (χ0n) is 13.0. The van der Waals surface area contributed by atoms with E-state index in [2.05, 4.69) is 5.32 Å². The molecule has 1 aromatic carbocycles. The maximum atomic E-state index is 13.1. The van der Waals surface area contributed by atoms with E-state index in [9.17, 15) is 18.4 Å². The molecule has 0 bridgehead atoms. The van der Waals surface area contributed by atoms with E-state index in [1.54, 1.807) is 0 Å². The van der Waals surface area contributed by atoms with E-state index in [1.165, 1.54) is 6.07 Å². The highest BCUT2D eigenvalue weighted by Gasteiger charge is 2.22. The smallest absolute Gasteiger partial charge is 0.326 e. The van der Waals surface area contributed by atoms with Gasteiger partial charge in [0.2, 0.25) is 5.91 Å². The van der Waals surface area contributed by atoms with E-state index in [-0.39, 0.29) is 6.42 Å². The van der Waals surface area contributed by atoms with E-state index < -0.39 is 35.6 Å². The van der Waals surface area contributed by atoms with Crippen LogP contribution in [0.15, 0.2) is 18.2 Å². The van der Waals surface area contributed by atoms with E-state index in [4.69, 9.17) is 10.8 Å². The first kappa shape index (κ1) is 19.0. The van der Waals surface area contributed by atoms with Crippen LogP contribution < -0.4 is 11.1 Å². The highest BCUT2D eigenvalue weighted by Crippen LogP contribution is 2.12. The summed E-state index contributed by atoms with van der Waals surface area (Å²) >= 11 is 0. The van der Waals surface area contributed by atoms with Gasteiger partial charge in [-0.1, -0.05) is 19.4 Å². The van der Waals surface area contributed by atoms with Crippen LogP contribution in [-0.2, 0) is 16.0 Å². The fraction of sp³-hybridized carbons (Fsp3) is 0.500. The van der Waals surface area contributed by atoms with Crippen LogP contribution in [0.4, 0.5) is 8.78 Å². The van der Waals surface area contributed by atoms with Crippen molar-refractivity contribution in [2.24, 2.45) is 5.73 Å². The van der Waals surface area contributed by atoms with Crippen LogP contribution in [0.3, 0.4) is 0 Å². The second-order valence-electron chi connectivity index (χ2n) is 5.44. The van der Waals surface area contributed by atoms with E-state index in [1.807, 2.05) is 6.92 Å². The first-order valence-electron chi connectivity index (χ1n) is 7.57. The van der Waals surface area contributed by atoms with Crippen LogP contribution in [0.1, 0.15) is 38.2 Å². The van der Waals surface area contributed by atoms with Crippen molar-refractivity contribution in [1.82, 2.24) is 5.32 Å². The summed E-state index contributed by atoms with van der Waals surface area (Å²) in [6, 6.07) is 1.79. The van der Waals surface area contributed by atoms with Gasteiger partial charge < -0.3 is 16.2 Å². The van der Waals surface area contributed by atoms with Crippen molar-refractivity contribution < 1.29 is 23.5 Å². The molecule has 1 rings (SSSR count). The van der Waals surface area contributed by atoms with Crippen LogP contribution in [-0.4, -0.2) is 29.1 Å². The topological polar surface area (TPSA) is 92.4 Å². The molecule has 1 unspecified atom stereocenters. The van der Waals surface area contributed by atoms with Crippen molar-refractivity contribution in [3.8, 4) is 0 Å². The third-order valence-corrected chi connectivity index (χ3v) is 3.49. The van der Waals surface area contributed by atoms with E-state index in [0.717, 1.165) is 18.6 Å². The van der Waals surface area contributed by atoms with Gasteiger partial charge in [-0.25, -0.2) is 13.6 Å². The lowest BCUT2D eigenvalue weighted by atomic mass is 10.0. The predicted octanol–water partition coefficient (Wildman–Crippen LogP) is 1.98. The van der Waals surface area contributed by atoms with Gasteiger partial charge in [0.1, 0.15) is 6.04 Å². The van der Waals surface area contributed by atoms with Crippen molar-refractivity contribution in [1.29, 1.82) is 0 Å². The highest BCUT2D eigenvalue weighted by molar-refractivity contribution is 5.86. The molecule has 23 heavy (non-hydrogen) atoms. The van der Waals surface area contributed by atoms with Gasteiger partial charge in [-0.05, 0) is 43.4 Å². The molecule has 7 heteroatoms. The normalized spacial score (nSPS) is 13.4. The Hall–Kier alpha value is -2.02. The number of halogens is 2. The standard InChI is InChI=1S/C16H22F2N2O3/c1-2-4-13(19)15(21)20-14(16(22)23)6-3-5-10-7-8-11(17)12(18)9-10/h7-9,13-14H,2-6,19H2,1H3,(H,20,21)(H,22,23)/t13-,14?/m0/s1. The Kier molecular flexibility index (Phi) is 7.61. The molecule has 0 aliphatic heterocycles. The largest absolute Gasteiger partial charge is 0.480 e. The summed E-state index contributed by atoms with van der Waals surface area (Å²) < 4.78 is 25.9. The predicted molar refractivity (Wildman–Crippen MR) is 81.7 cm³/mol. The van der Waals surface area contributed by atoms with Gasteiger partial charge in [0.15, 0.2) is 11.6 Å². The summed E-state index contributed by atoms with van der Waals surface area (Å²) in [7, 11) is 0. The molecule has 0 aliphatic carbocycles. The van der Waals surface area contributed by atoms with Gasteiger partial charge in [-0.15, -0.1) is 0 Å². The molecule has 0 aliphatic rings. The Morgan fingerprint density at radius 2 is 1.96 bits per heavy atom. The molecule has 0 fully saturated rings. The van der Waals surface area contributed by atoms with Gasteiger partial charge in [0.25, 0.3) is 0 Å². The fourth-order valence-corrected chi connectivity index (χ4v) is 2.18. The summed E-state index contributed by atoms with van der Waals surface area (Å²) in [4.78, 5) is 23.0. The maximum absolute atomic E-state index is 13.1. The number of nitrogens with two attached hydrogens (primary N) is 1. The third-order valence-electron chi connectivity index (χ3n) is 3.49. The Morgan fingerprint density at radius 1 is 1.26 bits per heavy atom. The second kappa shape index (κ2) is 9.19. The SMILES string of the molecule is CCC[C@H](N)C(=O)NC(CCCc1ccc(F)c(F)c1)C(=O)O. The number of carboxylic acid groups (broad SMARTS) is 1. The Labute approximate surface area is 133 Å². The minimum atomic E-state index is -1.15. The quantitative estimate of drug-likeness (QED) is 0.646. The minimum Gasteiger partial charge on any atom is -0.480 e. The number of aliphatic carboxylic acids is 1. The average molecular weight is 328 g/mol. The van der Waals surface area contributed by atoms with Gasteiger partial charge in [0, 0.05) is 0 Å². The number of hydrogen-bond donors (Lipinski definition) is 3. The molecule has 0 radical (unpaired) electrons. The fourth-order valence-electron chi connectivity index (χ4n) is 2.18. The van der Waals surface area contributed by atoms with E-state index >= 15 is 0 Å². The Bertz CT molecular complexity index is 552. The van der Waals surface area contributed by atoms with Gasteiger partial charge in [-0.3, -0.25) is 4.79 Å². The monoisotopic (exact) mass is 328 g/mol. The van der Waals surface area contributed by atoms with Crippen LogP contribution in [0.25, 0.3) is 0 Å². The number of amides is 1. The molecule has 0 saturated carbocycles. The first-order valence-corrected chi connectivity index (χ1v) is 7.57. The van der Waals surface area contributed by atoms with Crippen molar-refractivity contribution >= 4 is 11.9 Å². The molecule has 0 saturated heterocycles. The molecule has 1 aromatic rings. The second-order valence-corrected chi connectivity index (χ2v) is 5.44. The summed E-state index contributed by atoms with van der Waals surface area (Å²) in [5, 5.41) is 11.6. The van der Waals surface area contributed by atoms with Gasteiger partial charge >= 0.3 is 5.97 Å². The number of carbonyl (C=O) groups excluding carboxylic acids is 1. The van der Waals surface area contributed by atoms with Crippen molar-refractivity contribution in [2.45, 2.75) is 51.1 Å². The lowest BCUT2D eigenvalue weighted by Gasteiger charge is -2.17. The minimum absolute atomic E-state index is 0.179. The number of aryl methyl sites for hydroxylation is 1. The Balaban J connectivity index is 2.51. The number of nitrogens with one attached hydrogen (secondary N) is 1. The molecule has 0 aromatic heterocycles. The third kappa shape index (κ3) is 6.32. The lowest BCUT2D eigenvalue weighted by molar-refractivity contribution is -0.142. The molecule has 4 N–H and O–H groups in total. The summed E-state index contributed by atoms with van der Waals surface area (Å²) in [5.41, 5.74) is 6.22. The molecule has 128 valence electrons. The lowest BCUT2D eigenvalue weighted by Crippen LogP contribution is -2.48. The number of hydrogen-bond acceptors (Lipinski definition) is 3. The molecular formula is C16H22F2N2O3. The highest BCUT2D eigenvalue weighted by atomic mass is 19.2.